The highest BCUT2D eigenvalue weighted by molar-refractivity contribution is 7.12. The monoisotopic (exact) mass is 444 g/mol. The van der Waals surface area contributed by atoms with Crippen LogP contribution in [0.4, 0.5) is 0 Å². The van der Waals surface area contributed by atoms with Crippen LogP contribution in [-0.4, -0.2) is 22.3 Å². The van der Waals surface area contributed by atoms with Gasteiger partial charge in [0, 0.05) is 15.2 Å². The smallest absolute Gasteiger partial charge is 0.303 e. The molecule has 1 aromatic heterocycles. The van der Waals surface area contributed by atoms with Crippen LogP contribution >= 0.6 is 11.3 Å². The zero-order chi connectivity index (χ0) is 23.4. The van der Waals surface area contributed by atoms with Crippen LogP contribution in [0.15, 0.2) is 24.3 Å². The summed E-state index contributed by atoms with van der Waals surface area (Å²) in [6.45, 7) is 15.0. The lowest BCUT2D eigenvalue weighted by atomic mass is 9.73. The lowest BCUT2D eigenvalue weighted by molar-refractivity contribution is -0.136. The maximum absolute atomic E-state index is 11.0. The van der Waals surface area contributed by atoms with Gasteiger partial charge in [-0.05, 0) is 79.7 Å². The first-order chi connectivity index (χ1) is 14.4. The largest absolute Gasteiger partial charge is 0.481 e. The summed E-state index contributed by atoms with van der Waals surface area (Å²) in [4.78, 5) is 13.6. The minimum absolute atomic E-state index is 0.0505. The van der Waals surface area contributed by atoms with Gasteiger partial charge in [0.05, 0.1) is 12.5 Å². The fourth-order valence-electron chi connectivity index (χ4n) is 4.37. The van der Waals surface area contributed by atoms with Gasteiger partial charge in [0.1, 0.15) is 0 Å². The highest BCUT2D eigenvalue weighted by Gasteiger charge is 2.33. The van der Waals surface area contributed by atoms with Gasteiger partial charge >= 0.3 is 5.97 Å². The first-order valence-corrected chi connectivity index (χ1v) is 12.4. The van der Waals surface area contributed by atoms with Gasteiger partial charge in [-0.25, -0.2) is 0 Å². The number of benzene rings is 1. The van der Waals surface area contributed by atoms with Crippen LogP contribution in [0.3, 0.4) is 0 Å². The van der Waals surface area contributed by atoms with Crippen molar-refractivity contribution in [3.05, 3.63) is 56.3 Å². The van der Waals surface area contributed by atoms with E-state index in [-0.39, 0.29) is 23.4 Å². The van der Waals surface area contributed by atoms with Crippen molar-refractivity contribution in [2.45, 2.75) is 98.5 Å². The Morgan fingerprint density at radius 3 is 2.19 bits per heavy atom. The van der Waals surface area contributed by atoms with E-state index in [0.717, 1.165) is 25.7 Å². The standard InChI is InChI=1S/C27H40O3S/c1-8-27(9-2,24-17-19(4)22(31-24)13-15-25(29)30)21-12-10-20(18(3)16-21)11-14-23(28)26(5,6)7/h10,12,16-17,23,28H,8-9,11,13-15H2,1-7H3,(H,29,30). The Morgan fingerprint density at radius 2 is 1.68 bits per heavy atom. The van der Waals surface area contributed by atoms with Gasteiger partial charge < -0.3 is 10.2 Å². The summed E-state index contributed by atoms with van der Waals surface area (Å²) in [5, 5.41) is 19.5. The van der Waals surface area contributed by atoms with Gasteiger partial charge in [0.15, 0.2) is 0 Å². The Kier molecular flexibility index (Phi) is 8.52. The maximum Gasteiger partial charge on any atom is 0.303 e. The number of hydrogen-bond acceptors (Lipinski definition) is 3. The third-order valence-electron chi connectivity index (χ3n) is 6.85. The van der Waals surface area contributed by atoms with Crippen molar-refractivity contribution in [3.63, 3.8) is 0 Å². The van der Waals surface area contributed by atoms with Crippen LogP contribution < -0.4 is 0 Å². The van der Waals surface area contributed by atoms with E-state index in [1.165, 1.54) is 32.0 Å². The average Bonchev–Trinajstić information content (AvgIpc) is 3.07. The van der Waals surface area contributed by atoms with Crippen LogP contribution in [0, 0.1) is 19.3 Å². The third-order valence-corrected chi connectivity index (χ3v) is 8.35. The minimum Gasteiger partial charge on any atom is -0.481 e. The average molecular weight is 445 g/mol. The molecule has 2 rings (SSSR count). The van der Waals surface area contributed by atoms with Gasteiger partial charge in [-0.3, -0.25) is 4.79 Å². The Labute approximate surface area is 192 Å². The van der Waals surface area contributed by atoms with Crippen LogP contribution in [0.25, 0.3) is 0 Å². The summed E-state index contributed by atoms with van der Waals surface area (Å²) < 4.78 is 0. The molecule has 1 heterocycles. The summed E-state index contributed by atoms with van der Waals surface area (Å²) in [7, 11) is 0. The van der Waals surface area contributed by atoms with E-state index < -0.39 is 5.97 Å². The van der Waals surface area contributed by atoms with Gasteiger partial charge in [0.2, 0.25) is 0 Å². The number of carboxylic acid groups (broad SMARTS) is 1. The van der Waals surface area contributed by atoms with Crippen LogP contribution in [-0.2, 0) is 23.1 Å². The van der Waals surface area contributed by atoms with Crippen LogP contribution in [0.1, 0.15) is 92.3 Å². The summed E-state index contributed by atoms with van der Waals surface area (Å²) in [5.74, 6) is -0.741. The highest BCUT2D eigenvalue weighted by atomic mass is 32.1. The Bertz CT molecular complexity index is 884. The number of aliphatic hydroxyl groups excluding tert-OH is 1. The number of rotatable bonds is 10. The van der Waals surface area contributed by atoms with E-state index in [2.05, 4.69) is 72.7 Å². The summed E-state index contributed by atoms with van der Waals surface area (Å²) in [5.41, 5.74) is 4.98. The Balaban J connectivity index is 2.33. The molecule has 3 nitrogen and oxygen atoms in total. The first kappa shape index (κ1) is 25.6. The van der Waals surface area contributed by atoms with E-state index in [0.29, 0.717) is 6.42 Å². The van der Waals surface area contributed by atoms with Crippen molar-refractivity contribution in [1.29, 1.82) is 0 Å². The zero-order valence-corrected chi connectivity index (χ0v) is 21.2. The van der Waals surface area contributed by atoms with Gasteiger partial charge in [-0.2, -0.15) is 0 Å². The van der Waals surface area contributed by atoms with E-state index >= 15 is 0 Å². The zero-order valence-electron chi connectivity index (χ0n) is 20.3. The number of hydrogen-bond donors (Lipinski definition) is 2. The van der Waals surface area contributed by atoms with Crippen LogP contribution in [0.2, 0.25) is 0 Å². The summed E-state index contributed by atoms with van der Waals surface area (Å²) in [6.07, 6.45) is 4.13. The molecular formula is C27H40O3S. The summed E-state index contributed by atoms with van der Waals surface area (Å²) >= 11 is 1.78. The van der Waals surface area contributed by atoms with Gasteiger partial charge in [-0.1, -0.05) is 52.8 Å². The molecule has 0 spiro atoms. The van der Waals surface area contributed by atoms with Crippen molar-refractivity contribution in [3.8, 4) is 0 Å². The van der Waals surface area contributed by atoms with Crippen molar-refractivity contribution < 1.29 is 15.0 Å². The fourth-order valence-corrected chi connectivity index (χ4v) is 5.90. The number of carboxylic acids is 1. The number of aliphatic carboxylic acids is 1. The highest BCUT2D eigenvalue weighted by Crippen LogP contribution is 2.44. The first-order valence-electron chi connectivity index (χ1n) is 11.5. The number of carbonyl (C=O) groups is 1. The minimum atomic E-state index is -0.741. The topological polar surface area (TPSA) is 57.5 Å². The predicted octanol–water partition coefficient (Wildman–Crippen LogP) is 6.83. The SMILES string of the molecule is CCC(CC)(c1ccc(CCC(O)C(C)(C)C)c(C)c1)c1cc(C)c(CCC(=O)O)s1. The van der Waals surface area contributed by atoms with Crippen molar-refractivity contribution >= 4 is 17.3 Å². The molecule has 172 valence electrons. The molecule has 4 heteroatoms. The molecule has 0 aliphatic carbocycles. The maximum atomic E-state index is 11.0. The molecule has 0 saturated carbocycles. The molecule has 2 N–H and O–H groups in total. The number of aryl methyl sites for hydroxylation is 4. The lowest BCUT2D eigenvalue weighted by Crippen LogP contribution is -2.26. The Morgan fingerprint density at radius 1 is 1.03 bits per heavy atom. The van der Waals surface area contributed by atoms with E-state index in [1.807, 2.05) is 0 Å². The molecule has 0 amide bonds. The Hall–Kier alpha value is -1.65. The van der Waals surface area contributed by atoms with Crippen molar-refractivity contribution in [2.24, 2.45) is 5.41 Å². The number of aliphatic hydroxyl groups is 1. The molecule has 0 radical (unpaired) electrons. The number of thiophene rings is 1. The normalized spacial score (nSPS) is 13.4. The molecule has 1 unspecified atom stereocenters. The third kappa shape index (κ3) is 5.98. The second-order valence-electron chi connectivity index (χ2n) is 9.96. The van der Waals surface area contributed by atoms with Gasteiger partial charge in [0.25, 0.3) is 0 Å². The molecule has 0 saturated heterocycles. The molecule has 0 bridgehead atoms. The molecule has 0 aliphatic heterocycles. The van der Waals surface area contributed by atoms with Crippen molar-refractivity contribution in [1.82, 2.24) is 0 Å². The molecule has 2 aromatic rings. The van der Waals surface area contributed by atoms with Crippen LogP contribution in [0.5, 0.6) is 0 Å². The quantitative estimate of drug-likeness (QED) is 0.422. The molecule has 1 atom stereocenters. The molecule has 0 aliphatic rings. The van der Waals surface area contributed by atoms with E-state index in [1.54, 1.807) is 11.3 Å². The second-order valence-corrected chi connectivity index (χ2v) is 11.1. The van der Waals surface area contributed by atoms with E-state index in [9.17, 15) is 9.90 Å². The van der Waals surface area contributed by atoms with Crippen molar-refractivity contribution in [2.75, 3.05) is 0 Å². The summed E-state index contributed by atoms with van der Waals surface area (Å²) in [6, 6.07) is 9.12. The molecule has 1 aromatic carbocycles. The van der Waals surface area contributed by atoms with Gasteiger partial charge in [-0.15, -0.1) is 11.3 Å². The predicted molar refractivity (Wildman–Crippen MR) is 131 cm³/mol. The van der Waals surface area contributed by atoms with E-state index in [4.69, 9.17) is 5.11 Å². The molecule has 0 fully saturated rings. The fraction of sp³-hybridized carbons (Fsp3) is 0.593. The lowest BCUT2D eigenvalue weighted by Gasteiger charge is -2.32. The molecule has 31 heavy (non-hydrogen) atoms. The molecular weight excluding hydrogens is 404 g/mol. The second kappa shape index (κ2) is 10.3.